The van der Waals surface area contributed by atoms with Crippen molar-refractivity contribution < 1.29 is 23.5 Å². The molecule has 42 heavy (non-hydrogen) atoms. The van der Waals surface area contributed by atoms with E-state index in [1.807, 2.05) is 91.9 Å². The van der Waals surface area contributed by atoms with Gasteiger partial charge in [-0.1, -0.05) is 67.8 Å². The predicted molar refractivity (Wildman–Crippen MR) is 162 cm³/mol. The number of rotatable bonds is 11. The van der Waals surface area contributed by atoms with Gasteiger partial charge >= 0.3 is 5.97 Å². The molecule has 218 valence electrons. The topological polar surface area (TPSA) is 81.9 Å². The highest BCUT2D eigenvalue weighted by Crippen LogP contribution is 2.30. The summed E-state index contributed by atoms with van der Waals surface area (Å²) in [7, 11) is 1.37. The zero-order valence-corrected chi connectivity index (χ0v) is 24.3. The largest absolute Gasteiger partial charge is 0.493 e. The van der Waals surface area contributed by atoms with Crippen molar-refractivity contribution in [3.05, 3.63) is 102 Å². The molecule has 1 amide bonds. The van der Waals surface area contributed by atoms with Gasteiger partial charge in [-0.05, 0) is 61.7 Å². The summed E-state index contributed by atoms with van der Waals surface area (Å²) in [6.07, 6.45) is 5.87. The first-order valence-corrected chi connectivity index (χ1v) is 14.7. The second-order valence-electron chi connectivity index (χ2n) is 10.8. The first kappa shape index (κ1) is 29.1. The number of hydrogen-bond donors (Lipinski definition) is 0. The van der Waals surface area contributed by atoms with Gasteiger partial charge in [0.25, 0.3) is 0 Å². The summed E-state index contributed by atoms with van der Waals surface area (Å²) in [6, 6.07) is 26.2. The minimum Gasteiger partial charge on any atom is -0.493 e. The molecule has 1 atom stereocenters. The Morgan fingerprint density at radius 3 is 2.26 bits per heavy atom. The molecule has 1 aromatic heterocycles. The van der Waals surface area contributed by atoms with E-state index < -0.39 is 12.0 Å². The summed E-state index contributed by atoms with van der Waals surface area (Å²) in [4.78, 5) is 33.3. The SMILES string of the molecule is COC(=O)C(Cc1ccc(OCCc2nc(-c3ccccc3)oc2C)cc1)N(C(=O)C1CCCCC1)c1ccccc1. The maximum absolute atomic E-state index is 13.8. The number of esters is 1. The Morgan fingerprint density at radius 1 is 0.929 bits per heavy atom. The van der Waals surface area contributed by atoms with E-state index in [4.69, 9.17) is 13.9 Å². The maximum atomic E-state index is 13.8. The van der Waals surface area contributed by atoms with Gasteiger partial charge in [-0.3, -0.25) is 9.69 Å². The van der Waals surface area contributed by atoms with Gasteiger partial charge < -0.3 is 13.9 Å². The van der Waals surface area contributed by atoms with Crippen LogP contribution < -0.4 is 9.64 Å². The second-order valence-corrected chi connectivity index (χ2v) is 10.8. The Bertz CT molecular complexity index is 1440. The van der Waals surface area contributed by atoms with Gasteiger partial charge in [-0.15, -0.1) is 0 Å². The molecule has 0 spiro atoms. The van der Waals surface area contributed by atoms with Gasteiger partial charge in [-0.2, -0.15) is 0 Å². The van der Waals surface area contributed by atoms with Crippen molar-refractivity contribution in [1.82, 2.24) is 4.98 Å². The number of aryl methyl sites for hydroxylation is 1. The predicted octanol–water partition coefficient (Wildman–Crippen LogP) is 6.97. The number of carbonyl (C=O) groups excluding carboxylic acids is 2. The summed E-state index contributed by atoms with van der Waals surface area (Å²) in [5, 5.41) is 0. The lowest BCUT2D eigenvalue weighted by Gasteiger charge is -2.34. The molecule has 1 fully saturated rings. The molecule has 0 N–H and O–H groups in total. The summed E-state index contributed by atoms with van der Waals surface area (Å²) < 4.78 is 17.1. The Morgan fingerprint density at radius 2 is 1.60 bits per heavy atom. The highest BCUT2D eigenvalue weighted by Gasteiger charge is 2.36. The van der Waals surface area contributed by atoms with E-state index in [2.05, 4.69) is 4.98 Å². The quantitative estimate of drug-likeness (QED) is 0.182. The Kier molecular flexibility index (Phi) is 9.70. The summed E-state index contributed by atoms with van der Waals surface area (Å²) in [5.41, 5.74) is 3.44. The van der Waals surface area contributed by atoms with E-state index in [-0.39, 0.29) is 11.8 Å². The normalized spacial score (nSPS) is 14.2. The van der Waals surface area contributed by atoms with E-state index in [9.17, 15) is 9.59 Å². The fourth-order valence-corrected chi connectivity index (χ4v) is 5.59. The first-order valence-electron chi connectivity index (χ1n) is 14.7. The molecule has 1 unspecified atom stereocenters. The average Bonchev–Trinajstić information content (AvgIpc) is 3.42. The zero-order valence-electron chi connectivity index (χ0n) is 24.3. The van der Waals surface area contributed by atoms with Crippen LogP contribution in [-0.4, -0.2) is 36.6 Å². The van der Waals surface area contributed by atoms with Crippen molar-refractivity contribution in [1.29, 1.82) is 0 Å². The Labute approximate surface area is 247 Å². The number of nitrogens with zero attached hydrogens (tertiary/aromatic N) is 2. The lowest BCUT2D eigenvalue weighted by molar-refractivity contribution is -0.144. The number of amides is 1. The highest BCUT2D eigenvalue weighted by molar-refractivity contribution is 6.00. The summed E-state index contributed by atoms with van der Waals surface area (Å²) in [5.74, 6) is 1.59. The number of hydrogen-bond acceptors (Lipinski definition) is 6. The molecule has 0 saturated heterocycles. The summed E-state index contributed by atoms with van der Waals surface area (Å²) in [6.45, 7) is 2.36. The van der Waals surface area contributed by atoms with Crippen molar-refractivity contribution in [2.75, 3.05) is 18.6 Å². The van der Waals surface area contributed by atoms with Crippen LogP contribution in [0.5, 0.6) is 5.75 Å². The smallest absolute Gasteiger partial charge is 0.329 e. The third-order valence-electron chi connectivity index (χ3n) is 7.88. The number of benzene rings is 3. The minimum absolute atomic E-state index is 0.00479. The van der Waals surface area contributed by atoms with Crippen LogP contribution in [0.1, 0.15) is 49.1 Å². The van der Waals surface area contributed by atoms with E-state index in [1.54, 1.807) is 4.90 Å². The van der Waals surface area contributed by atoms with Crippen molar-refractivity contribution in [3.8, 4) is 17.2 Å². The molecule has 4 aromatic rings. The number of carbonyl (C=O) groups is 2. The lowest BCUT2D eigenvalue weighted by atomic mass is 9.87. The maximum Gasteiger partial charge on any atom is 0.329 e. The molecular formula is C35H38N2O5. The number of oxazole rings is 1. The molecule has 1 saturated carbocycles. The molecule has 7 nitrogen and oxygen atoms in total. The monoisotopic (exact) mass is 566 g/mol. The molecule has 5 rings (SSSR count). The third-order valence-corrected chi connectivity index (χ3v) is 7.88. The van der Waals surface area contributed by atoms with Crippen LogP contribution in [0.4, 0.5) is 5.69 Å². The average molecular weight is 567 g/mol. The van der Waals surface area contributed by atoms with Crippen LogP contribution in [0.25, 0.3) is 11.5 Å². The molecule has 0 radical (unpaired) electrons. The zero-order chi connectivity index (χ0) is 29.3. The van der Waals surface area contributed by atoms with Crippen LogP contribution in [0.2, 0.25) is 0 Å². The fourth-order valence-electron chi connectivity index (χ4n) is 5.59. The van der Waals surface area contributed by atoms with Crippen molar-refractivity contribution in [2.45, 2.75) is 57.9 Å². The van der Waals surface area contributed by atoms with Crippen LogP contribution in [-0.2, 0) is 27.2 Å². The number of ether oxygens (including phenoxy) is 2. The molecular weight excluding hydrogens is 528 g/mol. The van der Waals surface area contributed by atoms with Crippen molar-refractivity contribution >= 4 is 17.6 Å². The highest BCUT2D eigenvalue weighted by atomic mass is 16.5. The summed E-state index contributed by atoms with van der Waals surface area (Å²) >= 11 is 0. The van der Waals surface area contributed by atoms with Crippen LogP contribution in [0, 0.1) is 12.8 Å². The number of anilines is 1. The molecule has 1 aliphatic rings. The molecule has 3 aromatic carbocycles. The third kappa shape index (κ3) is 7.08. The number of methoxy groups -OCH3 is 1. The van der Waals surface area contributed by atoms with Crippen LogP contribution in [0.15, 0.2) is 89.3 Å². The first-order chi connectivity index (χ1) is 20.5. The Hall–Kier alpha value is -4.39. The van der Waals surface area contributed by atoms with Crippen LogP contribution >= 0.6 is 0 Å². The number of para-hydroxylation sites is 1. The van der Waals surface area contributed by atoms with Crippen LogP contribution in [0.3, 0.4) is 0 Å². The van der Waals surface area contributed by atoms with Crippen molar-refractivity contribution in [3.63, 3.8) is 0 Å². The molecule has 0 aliphatic heterocycles. The van der Waals surface area contributed by atoms with Gasteiger partial charge in [0.1, 0.15) is 17.6 Å². The van der Waals surface area contributed by atoms with Gasteiger partial charge in [0.05, 0.1) is 19.4 Å². The minimum atomic E-state index is -0.771. The Balaban J connectivity index is 1.26. The van der Waals surface area contributed by atoms with Crippen molar-refractivity contribution in [2.24, 2.45) is 5.92 Å². The second kappa shape index (κ2) is 14.0. The molecule has 0 bridgehead atoms. The molecule has 1 heterocycles. The number of aromatic nitrogens is 1. The van der Waals surface area contributed by atoms with Gasteiger partial charge in [0.2, 0.25) is 11.8 Å². The molecule has 7 heteroatoms. The lowest BCUT2D eigenvalue weighted by Crippen LogP contribution is -2.50. The van der Waals surface area contributed by atoms with Gasteiger partial charge in [-0.25, -0.2) is 9.78 Å². The standard InChI is InChI=1S/C35H38N2O5/c1-25-31(36-33(42-25)27-12-6-3-7-13-27)22-23-41-30-20-18-26(19-21-30)24-32(35(39)40-2)37(29-16-10-5-11-17-29)34(38)28-14-8-4-9-15-28/h3,5-7,10-13,16-21,28,32H,4,8-9,14-15,22-24H2,1-2H3. The fraction of sp³-hybridized carbons (Fsp3) is 0.343. The molecule has 1 aliphatic carbocycles. The van der Waals surface area contributed by atoms with Gasteiger partial charge in [0, 0.05) is 30.0 Å². The van der Waals surface area contributed by atoms with E-state index in [0.717, 1.165) is 60.4 Å². The van der Waals surface area contributed by atoms with E-state index in [1.165, 1.54) is 7.11 Å². The van der Waals surface area contributed by atoms with E-state index >= 15 is 0 Å². The van der Waals surface area contributed by atoms with E-state index in [0.29, 0.717) is 31.0 Å². The van der Waals surface area contributed by atoms with Gasteiger partial charge in [0.15, 0.2) is 0 Å².